The van der Waals surface area contributed by atoms with Gasteiger partial charge in [0.15, 0.2) is 4.90 Å². The van der Waals surface area contributed by atoms with Crippen LogP contribution in [0.1, 0.15) is 26.3 Å². The Morgan fingerprint density at radius 1 is 1.16 bits per heavy atom. The van der Waals surface area contributed by atoms with Crippen molar-refractivity contribution in [3.63, 3.8) is 0 Å². The second kappa shape index (κ2) is 11.2. The number of fused-ring (bicyclic) bond motifs is 1. The molecule has 0 spiro atoms. The Balaban J connectivity index is 2.10. The van der Waals surface area contributed by atoms with Crippen LogP contribution in [0.25, 0.3) is 10.9 Å². The van der Waals surface area contributed by atoms with Gasteiger partial charge in [0.05, 0.1) is 10.4 Å². The highest BCUT2D eigenvalue weighted by molar-refractivity contribution is 7.89. The molecule has 2 aromatic carbocycles. The van der Waals surface area contributed by atoms with E-state index in [9.17, 15) is 28.1 Å². The number of nitrogens with zero attached hydrogens (tertiary/aromatic N) is 3. The highest BCUT2D eigenvalue weighted by Crippen LogP contribution is 2.30. The lowest BCUT2D eigenvalue weighted by atomic mass is 10.1. The quantitative estimate of drug-likeness (QED) is 0.169. The Bertz CT molecular complexity index is 1490. The van der Waals surface area contributed by atoms with Crippen LogP contribution in [0, 0.1) is 10.1 Å². The minimum atomic E-state index is -4.52. The normalized spacial score (nSPS) is 12.8. The zero-order valence-corrected chi connectivity index (χ0v) is 22.3. The maximum absolute atomic E-state index is 13.5. The van der Waals surface area contributed by atoms with Crippen molar-refractivity contribution >= 4 is 38.7 Å². The third kappa shape index (κ3) is 6.09. The second-order valence-corrected chi connectivity index (χ2v) is 11.4. The number of sulfonamides is 1. The number of esters is 1. The van der Waals surface area contributed by atoms with E-state index in [1.54, 1.807) is 45.0 Å². The molecule has 0 aliphatic rings. The second-order valence-electron chi connectivity index (χ2n) is 9.41. The third-order valence-corrected chi connectivity index (χ3v) is 7.49. The Kier molecular flexibility index (Phi) is 8.38. The smallest absolute Gasteiger partial charge is 0.419 e. The average Bonchev–Trinajstić information content (AvgIpc) is 3.23. The van der Waals surface area contributed by atoms with E-state index in [1.807, 2.05) is 0 Å². The highest BCUT2D eigenvalue weighted by atomic mass is 32.2. The van der Waals surface area contributed by atoms with Crippen molar-refractivity contribution in [2.24, 2.45) is 0 Å². The molecule has 1 unspecified atom stereocenters. The van der Waals surface area contributed by atoms with E-state index >= 15 is 0 Å². The summed E-state index contributed by atoms with van der Waals surface area (Å²) < 4.78 is 39.8. The molecule has 11 nitrogen and oxygen atoms in total. The number of benzene rings is 2. The predicted octanol–water partition coefficient (Wildman–Crippen LogP) is 4.29. The number of carbonyl (C=O) groups excluding carboxylic acids is 2. The number of likely N-dealkylation sites (N-methyl/N-ethyl adjacent to an activating group) is 1. The SMILES string of the molecule is C=CCOC(=O)C(Cc1cn(C(=O)OC(C)(C)C)c2ccccc12)N(C)S(=O)(=O)c1ccccc1[N+](=O)[O-]. The fourth-order valence-electron chi connectivity index (χ4n) is 3.83. The number of hydrogen-bond donors (Lipinski definition) is 0. The van der Waals surface area contributed by atoms with Crippen molar-refractivity contribution in [1.29, 1.82) is 0 Å². The topological polar surface area (TPSA) is 138 Å². The summed E-state index contributed by atoms with van der Waals surface area (Å²) in [7, 11) is -3.37. The van der Waals surface area contributed by atoms with Gasteiger partial charge in [-0.1, -0.05) is 43.0 Å². The molecule has 38 heavy (non-hydrogen) atoms. The molecular formula is C26H29N3O8S. The highest BCUT2D eigenvalue weighted by Gasteiger charge is 2.38. The van der Waals surface area contributed by atoms with Gasteiger partial charge in [-0.15, -0.1) is 0 Å². The Morgan fingerprint density at radius 3 is 2.42 bits per heavy atom. The molecule has 0 aliphatic heterocycles. The summed E-state index contributed by atoms with van der Waals surface area (Å²) in [5.74, 6) is -0.886. The molecule has 0 bridgehead atoms. The first-order valence-corrected chi connectivity index (χ1v) is 13.0. The maximum atomic E-state index is 13.5. The number of ether oxygens (including phenoxy) is 2. The van der Waals surface area contributed by atoms with Crippen molar-refractivity contribution in [2.45, 2.75) is 43.7 Å². The first kappa shape index (κ1) is 28.5. The van der Waals surface area contributed by atoms with Gasteiger partial charge in [0.1, 0.15) is 18.2 Å². The van der Waals surface area contributed by atoms with Crippen LogP contribution in [-0.4, -0.2) is 59.6 Å². The Labute approximate surface area is 220 Å². The van der Waals surface area contributed by atoms with Crippen LogP contribution in [0.4, 0.5) is 10.5 Å². The van der Waals surface area contributed by atoms with Gasteiger partial charge >= 0.3 is 12.1 Å². The number of para-hydroxylation sites is 2. The lowest BCUT2D eigenvalue weighted by Crippen LogP contribution is -2.44. The monoisotopic (exact) mass is 543 g/mol. The van der Waals surface area contributed by atoms with Crippen molar-refractivity contribution in [3.05, 3.63) is 83.1 Å². The average molecular weight is 544 g/mol. The summed E-state index contributed by atoms with van der Waals surface area (Å²) in [6, 6.07) is 10.3. The fourth-order valence-corrected chi connectivity index (χ4v) is 5.29. The van der Waals surface area contributed by atoms with E-state index in [-0.39, 0.29) is 13.0 Å². The summed E-state index contributed by atoms with van der Waals surface area (Å²) in [5.41, 5.74) is -0.423. The molecule has 0 N–H and O–H groups in total. The summed E-state index contributed by atoms with van der Waals surface area (Å²) in [4.78, 5) is 36.1. The Morgan fingerprint density at radius 2 is 1.79 bits per heavy atom. The largest absolute Gasteiger partial charge is 0.460 e. The van der Waals surface area contributed by atoms with Gasteiger partial charge in [-0.3, -0.25) is 19.5 Å². The van der Waals surface area contributed by atoms with Gasteiger partial charge in [0.2, 0.25) is 10.0 Å². The van der Waals surface area contributed by atoms with Crippen LogP contribution in [0.3, 0.4) is 0 Å². The van der Waals surface area contributed by atoms with Gasteiger partial charge in [0, 0.05) is 31.1 Å². The van der Waals surface area contributed by atoms with Gasteiger partial charge in [-0.25, -0.2) is 13.2 Å². The number of rotatable bonds is 9. The molecule has 1 aromatic heterocycles. The minimum Gasteiger partial charge on any atom is -0.460 e. The molecule has 0 radical (unpaired) electrons. The zero-order valence-electron chi connectivity index (χ0n) is 21.5. The van der Waals surface area contributed by atoms with Gasteiger partial charge in [-0.2, -0.15) is 4.31 Å². The molecule has 0 saturated heterocycles. The standard InChI is InChI=1S/C26H29N3O8S/c1-6-15-36-24(30)22(27(5)38(34,35)23-14-10-9-13-21(23)29(32)33)16-18-17-28(25(31)37-26(2,3)4)20-12-8-7-11-19(18)20/h6-14,17,22H,1,15-16H2,2-5H3. The Hall–Kier alpha value is -4.03. The number of nitro benzene ring substituents is 1. The summed E-state index contributed by atoms with van der Waals surface area (Å²) in [6.07, 6.45) is 1.98. The lowest BCUT2D eigenvalue weighted by molar-refractivity contribution is -0.387. The van der Waals surface area contributed by atoms with Crippen molar-refractivity contribution < 1.29 is 32.4 Å². The van der Waals surface area contributed by atoms with Gasteiger partial charge in [0.25, 0.3) is 5.69 Å². The van der Waals surface area contributed by atoms with Crippen LogP contribution in [0.15, 0.2) is 72.3 Å². The molecule has 0 aliphatic carbocycles. The van der Waals surface area contributed by atoms with Crippen LogP contribution >= 0.6 is 0 Å². The molecule has 1 heterocycles. The summed E-state index contributed by atoms with van der Waals surface area (Å²) >= 11 is 0. The first-order valence-electron chi connectivity index (χ1n) is 11.6. The molecule has 3 rings (SSSR count). The fraction of sp³-hybridized carbons (Fsp3) is 0.308. The van der Waals surface area contributed by atoms with Crippen LogP contribution in [0.2, 0.25) is 0 Å². The third-order valence-electron chi connectivity index (χ3n) is 5.57. The summed E-state index contributed by atoms with van der Waals surface area (Å²) in [5, 5.41) is 12.1. The van der Waals surface area contributed by atoms with Crippen LogP contribution < -0.4 is 0 Å². The lowest BCUT2D eigenvalue weighted by Gasteiger charge is -2.25. The van der Waals surface area contributed by atoms with Crippen LogP contribution in [-0.2, 0) is 30.7 Å². The van der Waals surface area contributed by atoms with E-state index in [0.717, 1.165) is 23.5 Å². The molecule has 3 aromatic rings. The first-order chi connectivity index (χ1) is 17.8. The van der Waals surface area contributed by atoms with E-state index in [1.165, 1.54) is 29.0 Å². The number of nitro groups is 1. The van der Waals surface area contributed by atoms with E-state index in [2.05, 4.69) is 6.58 Å². The number of hydrogen-bond acceptors (Lipinski definition) is 8. The zero-order chi connectivity index (χ0) is 28.3. The van der Waals surface area contributed by atoms with E-state index < -0.39 is 49.2 Å². The van der Waals surface area contributed by atoms with Crippen molar-refractivity contribution in [1.82, 2.24) is 8.87 Å². The molecular weight excluding hydrogens is 514 g/mol. The molecule has 1 atom stereocenters. The van der Waals surface area contributed by atoms with Crippen molar-refractivity contribution in [3.8, 4) is 0 Å². The number of carbonyl (C=O) groups is 2. The summed E-state index contributed by atoms with van der Waals surface area (Å²) in [6.45, 7) is 8.51. The predicted molar refractivity (Wildman–Crippen MR) is 140 cm³/mol. The maximum Gasteiger partial charge on any atom is 0.419 e. The molecule has 12 heteroatoms. The molecule has 202 valence electrons. The number of aromatic nitrogens is 1. The minimum absolute atomic E-state index is 0.172. The van der Waals surface area contributed by atoms with Crippen molar-refractivity contribution in [2.75, 3.05) is 13.7 Å². The molecule has 0 fully saturated rings. The van der Waals surface area contributed by atoms with Gasteiger partial charge < -0.3 is 9.47 Å². The van der Waals surface area contributed by atoms with Gasteiger partial charge in [-0.05, 0) is 38.5 Å². The van der Waals surface area contributed by atoms with E-state index in [4.69, 9.17) is 9.47 Å². The molecule has 0 saturated carbocycles. The van der Waals surface area contributed by atoms with Crippen LogP contribution in [0.5, 0.6) is 0 Å². The van der Waals surface area contributed by atoms with E-state index in [0.29, 0.717) is 16.5 Å². The molecule has 0 amide bonds.